The zero-order chi connectivity index (χ0) is 15.2. The van der Waals surface area contributed by atoms with Gasteiger partial charge in [0, 0.05) is 11.5 Å². The molecule has 1 aromatic carbocycles. The predicted octanol–water partition coefficient (Wildman–Crippen LogP) is 3.94. The molecule has 0 bridgehead atoms. The van der Waals surface area contributed by atoms with Gasteiger partial charge in [0.2, 0.25) is 0 Å². The molecule has 1 aliphatic rings. The number of hydrogen-bond donors (Lipinski definition) is 0. The maximum absolute atomic E-state index is 6.17. The molecule has 1 saturated heterocycles. The van der Waals surface area contributed by atoms with Gasteiger partial charge in [0.1, 0.15) is 0 Å². The van der Waals surface area contributed by atoms with Gasteiger partial charge in [-0.25, -0.2) is 0 Å². The standard InChI is InChI=1S/C17H26O4/c1-5-7-14-12(6-2)11-20-17(21-14)13-8-9-15(18-3)16(10-13)19-4/h8-10,12,14,17H,5-7,11H2,1-4H3. The van der Waals surface area contributed by atoms with Gasteiger partial charge < -0.3 is 18.9 Å². The Morgan fingerprint density at radius 1 is 1.14 bits per heavy atom. The molecular weight excluding hydrogens is 268 g/mol. The van der Waals surface area contributed by atoms with E-state index in [0.29, 0.717) is 17.4 Å². The van der Waals surface area contributed by atoms with Crippen LogP contribution in [0.15, 0.2) is 18.2 Å². The summed E-state index contributed by atoms with van der Waals surface area (Å²) in [6, 6.07) is 5.79. The van der Waals surface area contributed by atoms with Gasteiger partial charge in [-0.3, -0.25) is 0 Å². The van der Waals surface area contributed by atoms with Gasteiger partial charge in [-0.15, -0.1) is 0 Å². The summed E-state index contributed by atoms with van der Waals surface area (Å²) in [6.45, 7) is 5.13. The van der Waals surface area contributed by atoms with Crippen LogP contribution in [0.25, 0.3) is 0 Å². The average molecular weight is 294 g/mol. The molecule has 0 radical (unpaired) electrons. The second-order valence-electron chi connectivity index (χ2n) is 5.41. The third-order valence-corrected chi connectivity index (χ3v) is 4.06. The molecule has 21 heavy (non-hydrogen) atoms. The molecule has 1 heterocycles. The lowest BCUT2D eigenvalue weighted by Crippen LogP contribution is -2.35. The zero-order valence-electron chi connectivity index (χ0n) is 13.4. The fourth-order valence-corrected chi connectivity index (χ4v) is 2.77. The van der Waals surface area contributed by atoms with E-state index in [9.17, 15) is 0 Å². The van der Waals surface area contributed by atoms with Crippen LogP contribution in [0.5, 0.6) is 11.5 Å². The van der Waals surface area contributed by atoms with E-state index in [1.54, 1.807) is 14.2 Å². The van der Waals surface area contributed by atoms with E-state index in [1.807, 2.05) is 18.2 Å². The first-order chi connectivity index (χ1) is 10.2. The van der Waals surface area contributed by atoms with Crippen molar-refractivity contribution >= 4 is 0 Å². The van der Waals surface area contributed by atoms with Crippen molar-refractivity contribution in [1.29, 1.82) is 0 Å². The molecule has 0 aliphatic carbocycles. The number of rotatable bonds is 6. The summed E-state index contributed by atoms with van der Waals surface area (Å²) in [4.78, 5) is 0. The first kappa shape index (κ1) is 16.1. The first-order valence-corrected chi connectivity index (χ1v) is 7.72. The third kappa shape index (κ3) is 3.69. The third-order valence-electron chi connectivity index (χ3n) is 4.06. The summed E-state index contributed by atoms with van der Waals surface area (Å²) in [5.41, 5.74) is 0.975. The fraction of sp³-hybridized carbons (Fsp3) is 0.647. The smallest absolute Gasteiger partial charge is 0.184 e. The molecule has 1 aliphatic heterocycles. The van der Waals surface area contributed by atoms with Crippen LogP contribution in [-0.2, 0) is 9.47 Å². The van der Waals surface area contributed by atoms with Crippen molar-refractivity contribution in [1.82, 2.24) is 0 Å². The highest BCUT2D eigenvalue weighted by atomic mass is 16.7. The Morgan fingerprint density at radius 2 is 1.90 bits per heavy atom. The van der Waals surface area contributed by atoms with E-state index in [0.717, 1.165) is 31.4 Å². The molecule has 118 valence electrons. The van der Waals surface area contributed by atoms with Crippen LogP contribution in [0.1, 0.15) is 45.0 Å². The van der Waals surface area contributed by atoms with Crippen LogP contribution in [0.4, 0.5) is 0 Å². The fourth-order valence-electron chi connectivity index (χ4n) is 2.77. The largest absolute Gasteiger partial charge is 0.493 e. The molecule has 1 fully saturated rings. The highest BCUT2D eigenvalue weighted by molar-refractivity contribution is 5.43. The van der Waals surface area contributed by atoms with E-state index in [2.05, 4.69) is 13.8 Å². The monoisotopic (exact) mass is 294 g/mol. The van der Waals surface area contributed by atoms with Gasteiger partial charge >= 0.3 is 0 Å². The van der Waals surface area contributed by atoms with Gasteiger partial charge in [0.25, 0.3) is 0 Å². The molecular formula is C17H26O4. The second kappa shape index (κ2) is 7.66. The summed E-state index contributed by atoms with van der Waals surface area (Å²) in [5, 5.41) is 0. The van der Waals surface area contributed by atoms with Gasteiger partial charge in [-0.2, -0.15) is 0 Å². The Morgan fingerprint density at radius 3 is 2.52 bits per heavy atom. The van der Waals surface area contributed by atoms with Crippen LogP contribution < -0.4 is 9.47 Å². The molecule has 0 aromatic heterocycles. The van der Waals surface area contributed by atoms with Crippen molar-refractivity contribution in [3.8, 4) is 11.5 Å². The molecule has 1 aromatic rings. The second-order valence-corrected chi connectivity index (χ2v) is 5.41. The molecule has 0 saturated carbocycles. The van der Waals surface area contributed by atoms with Gasteiger partial charge in [0.15, 0.2) is 17.8 Å². The Balaban J connectivity index is 2.14. The molecule has 0 amide bonds. The van der Waals surface area contributed by atoms with Gasteiger partial charge in [-0.05, 0) is 25.0 Å². The van der Waals surface area contributed by atoms with Crippen LogP contribution in [-0.4, -0.2) is 26.9 Å². The minimum atomic E-state index is -0.316. The van der Waals surface area contributed by atoms with E-state index < -0.39 is 0 Å². The Kier molecular flexibility index (Phi) is 5.88. The van der Waals surface area contributed by atoms with Gasteiger partial charge in [0.05, 0.1) is 26.9 Å². The Labute approximate surface area is 127 Å². The van der Waals surface area contributed by atoms with Crippen molar-refractivity contribution < 1.29 is 18.9 Å². The molecule has 4 nitrogen and oxygen atoms in total. The lowest BCUT2D eigenvalue weighted by atomic mass is 9.95. The van der Waals surface area contributed by atoms with Crippen LogP contribution in [0.3, 0.4) is 0 Å². The summed E-state index contributed by atoms with van der Waals surface area (Å²) < 4.78 is 22.7. The maximum Gasteiger partial charge on any atom is 0.184 e. The molecule has 0 spiro atoms. The van der Waals surface area contributed by atoms with Crippen molar-refractivity contribution in [2.45, 2.75) is 45.5 Å². The van der Waals surface area contributed by atoms with E-state index in [1.165, 1.54) is 0 Å². The van der Waals surface area contributed by atoms with Crippen molar-refractivity contribution in [2.24, 2.45) is 5.92 Å². The first-order valence-electron chi connectivity index (χ1n) is 7.72. The maximum atomic E-state index is 6.17. The van der Waals surface area contributed by atoms with E-state index in [-0.39, 0.29) is 12.4 Å². The van der Waals surface area contributed by atoms with Crippen molar-refractivity contribution in [3.05, 3.63) is 23.8 Å². The van der Waals surface area contributed by atoms with E-state index in [4.69, 9.17) is 18.9 Å². The molecule has 4 heteroatoms. The van der Waals surface area contributed by atoms with Crippen LogP contribution in [0.2, 0.25) is 0 Å². The minimum Gasteiger partial charge on any atom is -0.493 e. The zero-order valence-corrected chi connectivity index (χ0v) is 13.4. The number of hydrogen-bond acceptors (Lipinski definition) is 4. The summed E-state index contributed by atoms with van der Waals surface area (Å²) >= 11 is 0. The highest BCUT2D eigenvalue weighted by Gasteiger charge is 2.31. The topological polar surface area (TPSA) is 36.9 Å². The normalized spacial score (nSPS) is 25.6. The molecule has 2 rings (SSSR count). The van der Waals surface area contributed by atoms with Gasteiger partial charge in [-0.1, -0.05) is 26.3 Å². The SMILES string of the molecule is CCCC1OC(c2ccc(OC)c(OC)c2)OCC1CC. The Hall–Kier alpha value is -1.26. The number of methoxy groups -OCH3 is 2. The highest BCUT2D eigenvalue weighted by Crippen LogP contribution is 2.36. The summed E-state index contributed by atoms with van der Waals surface area (Å²) in [5.74, 6) is 1.90. The molecule has 3 unspecified atom stereocenters. The number of benzene rings is 1. The van der Waals surface area contributed by atoms with Crippen LogP contribution >= 0.6 is 0 Å². The van der Waals surface area contributed by atoms with E-state index >= 15 is 0 Å². The quantitative estimate of drug-likeness (QED) is 0.796. The predicted molar refractivity (Wildman–Crippen MR) is 81.8 cm³/mol. The molecule has 3 atom stereocenters. The minimum absolute atomic E-state index is 0.270. The Bertz CT molecular complexity index is 446. The lowest BCUT2D eigenvalue weighted by Gasteiger charge is -2.36. The summed E-state index contributed by atoms with van der Waals surface area (Å²) in [7, 11) is 3.27. The lowest BCUT2D eigenvalue weighted by molar-refractivity contribution is -0.243. The van der Waals surface area contributed by atoms with Crippen molar-refractivity contribution in [3.63, 3.8) is 0 Å². The van der Waals surface area contributed by atoms with Crippen molar-refractivity contribution in [2.75, 3.05) is 20.8 Å². The van der Waals surface area contributed by atoms with Crippen LogP contribution in [0, 0.1) is 5.92 Å². The average Bonchev–Trinajstić information content (AvgIpc) is 2.54. The number of ether oxygens (including phenoxy) is 4. The summed E-state index contributed by atoms with van der Waals surface area (Å²) in [6.07, 6.45) is 3.24. The molecule has 0 N–H and O–H groups in total.